The van der Waals surface area contributed by atoms with Gasteiger partial charge < -0.3 is 33.8 Å². The van der Waals surface area contributed by atoms with Crippen molar-refractivity contribution in [2.75, 3.05) is 39.6 Å². The molecule has 0 saturated carbocycles. The molecule has 0 saturated heterocycles. The van der Waals surface area contributed by atoms with E-state index in [9.17, 15) is 43.2 Å². The summed E-state index contributed by atoms with van der Waals surface area (Å²) in [7, 11) is -9.91. The van der Waals surface area contributed by atoms with Crippen LogP contribution in [-0.4, -0.2) is 96.7 Å². The van der Waals surface area contributed by atoms with E-state index in [4.69, 9.17) is 37.0 Å². The largest absolute Gasteiger partial charge is 0.472 e. The van der Waals surface area contributed by atoms with Crippen molar-refractivity contribution >= 4 is 39.5 Å². The van der Waals surface area contributed by atoms with Crippen LogP contribution in [0.25, 0.3) is 0 Å². The van der Waals surface area contributed by atoms with Crippen LogP contribution in [0, 0.1) is 23.7 Å². The van der Waals surface area contributed by atoms with Crippen molar-refractivity contribution in [1.29, 1.82) is 0 Å². The van der Waals surface area contributed by atoms with Gasteiger partial charge in [0.05, 0.1) is 26.4 Å². The van der Waals surface area contributed by atoms with E-state index >= 15 is 0 Å². The molecule has 19 heteroatoms. The van der Waals surface area contributed by atoms with Crippen molar-refractivity contribution in [3.8, 4) is 0 Å². The van der Waals surface area contributed by atoms with Crippen molar-refractivity contribution in [3.63, 3.8) is 0 Å². The first-order valence-electron chi connectivity index (χ1n) is 38.2. The summed E-state index contributed by atoms with van der Waals surface area (Å²) in [6.07, 6.45) is 47.3. The van der Waals surface area contributed by atoms with E-state index < -0.39 is 97.5 Å². The summed E-state index contributed by atoms with van der Waals surface area (Å²) in [5.74, 6) is 0.908. The highest BCUT2D eigenvalue weighted by molar-refractivity contribution is 7.47. The molecule has 6 atom stereocenters. The molecule has 0 fully saturated rings. The standard InChI is InChI=1S/C74H144O17P2/c1-9-67(8)53-45-37-28-22-17-19-25-31-41-49-57-74(79)91-70(61-85-72(77)55-47-39-33-32-36-44-52-66(6)7)63-89-93(82,83)87-59-68(75)58-86-92(80,81)88-62-69(90-73(78)56-48-40-30-24-18-16-21-27-35-43-51-65(4)5)60-84-71(76)54-46-38-29-23-15-13-11-10-12-14-20-26-34-42-50-64(2)3/h64-70,75H,9-63H2,1-8H3,(H,80,81)(H,82,83)/t67?,68-,69-,70-/m1/s1. The fourth-order valence-electron chi connectivity index (χ4n) is 11.2. The number of unbranched alkanes of at least 4 members (excludes halogenated alkanes) is 36. The van der Waals surface area contributed by atoms with Gasteiger partial charge in [-0.3, -0.25) is 37.3 Å². The number of ether oxygens (including phenoxy) is 4. The smallest absolute Gasteiger partial charge is 0.462 e. The fraction of sp³-hybridized carbons (Fsp3) is 0.946. The molecule has 0 aliphatic rings. The first-order valence-corrected chi connectivity index (χ1v) is 41.2. The van der Waals surface area contributed by atoms with E-state index in [1.54, 1.807) is 0 Å². The van der Waals surface area contributed by atoms with Crippen molar-refractivity contribution < 1.29 is 80.2 Å². The summed E-state index contributed by atoms with van der Waals surface area (Å²) in [5, 5.41) is 10.6. The van der Waals surface area contributed by atoms with Crippen molar-refractivity contribution in [2.45, 2.75) is 388 Å². The van der Waals surface area contributed by atoms with E-state index in [0.29, 0.717) is 31.6 Å². The third-order valence-corrected chi connectivity index (χ3v) is 19.3. The zero-order valence-electron chi connectivity index (χ0n) is 60.9. The molecule has 0 amide bonds. The number of hydrogen-bond acceptors (Lipinski definition) is 15. The highest BCUT2D eigenvalue weighted by Gasteiger charge is 2.30. The third-order valence-electron chi connectivity index (χ3n) is 17.4. The topological polar surface area (TPSA) is 237 Å². The second kappa shape index (κ2) is 63.5. The molecule has 93 heavy (non-hydrogen) atoms. The lowest BCUT2D eigenvalue weighted by Gasteiger charge is -2.21. The SMILES string of the molecule is CCC(C)CCCCCCCCCCCCC(=O)O[C@H](COC(=O)CCCCCCCCC(C)C)COP(=O)(O)OC[C@H](O)COP(=O)(O)OC[C@@H](COC(=O)CCCCCCCCCCCCCCCCC(C)C)OC(=O)CCCCCCCCCCCCC(C)C. The predicted molar refractivity (Wildman–Crippen MR) is 377 cm³/mol. The van der Waals surface area contributed by atoms with Crippen LogP contribution in [0.5, 0.6) is 0 Å². The molecule has 0 aromatic carbocycles. The Morgan fingerprint density at radius 3 is 0.763 bits per heavy atom. The van der Waals surface area contributed by atoms with Gasteiger partial charge in [-0.15, -0.1) is 0 Å². The van der Waals surface area contributed by atoms with Crippen LogP contribution >= 0.6 is 15.6 Å². The lowest BCUT2D eigenvalue weighted by molar-refractivity contribution is -0.161. The molecular formula is C74H144O17P2. The molecule has 0 rings (SSSR count). The van der Waals surface area contributed by atoms with Crippen LogP contribution in [0.4, 0.5) is 0 Å². The number of phosphoric ester groups is 2. The first-order chi connectivity index (χ1) is 44.6. The monoisotopic (exact) mass is 1370 g/mol. The Hall–Kier alpha value is -1.94. The number of esters is 4. The molecule has 3 N–H and O–H groups in total. The molecule has 0 spiro atoms. The van der Waals surface area contributed by atoms with Gasteiger partial charge in [0.1, 0.15) is 19.3 Å². The zero-order valence-corrected chi connectivity index (χ0v) is 62.7. The van der Waals surface area contributed by atoms with E-state index in [1.165, 1.54) is 167 Å². The number of carbonyl (C=O) groups excluding carboxylic acids is 4. The van der Waals surface area contributed by atoms with Crippen LogP contribution in [0.2, 0.25) is 0 Å². The normalized spacial score (nSPS) is 14.5. The van der Waals surface area contributed by atoms with Gasteiger partial charge in [0.15, 0.2) is 12.2 Å². The van der Waals surface area contributed by atoms with Gasteiger partial charge in [-0.1, -0.05) is 319 Å². The first kappa shape index (κ1) is 91.1. The molecule has 0 bridgehead atoms. The summed E-state index contributed by atoms with van der Waals surface area (Å²) in [4.78, 5) is 72.7. The fourth-order valence-corrected chi connectivity index (χ4v) is 12.7. The Balaban J connectivity index is 5.23. The van der Waals surface area contributed by atoms with E-state index in [0.717, 1.165) is 114 Å². The maximum atomic E-state index is 13.1. The van der Waals surface area contributed by atoms with E-state index in [1.807, 2.05) is 0 Å². The van der Waals surface area contributed by atoms with Crippen molar-refractivity contribution in [1.82, 2.24) is 0 Å². The second-order valence-corrected chi connectivity index (χ2v) is 31.3. The van der Waals surface area contributed by atoms with Gasteiger partial charge in [-0.25, -0.2) is 9.13 Å². The highest BCUT2D eigenvalue weighted by Crippen LogP contribution is 2.45. The van der Waals surface area contributed by atoms with E-state index in [2.05, 4.69) is 55.4 Å². The molecule has 17 nitrogen and oxygen atoms in total. The maximum absolute atomic E-state index is 13.1. The lowest BCUT2D eigenvalue weighted by atomic mass is 9.99. The van der Waals surface area contributed by atoms with Gasteiger partial charge in [-0.05, 0) is 49.4 Å². The van der Waals surface area contributed by atoms with Crippen LogP contribution in [-0.2, 0) is 65.4 Å². The minimum Gasteiger partial charge on any atom is -0.462 e. The average Bonchev–Trinajstić information content (AvgIpc) is 3.63. The van der Waals surface area contributed by atoms with Crippen LogP contribution in [0.3, 0.4) is 0 Å². The molecule has 0 aliphatic heterocycles. The summed E-state index contributed by atoms with van der Waals surface area (Å²) in [6.45, 7) is 14.1. The Morgan fingerprint density at radius 2 is 0.516 bits per heavy atom. The molecule has 552 valence electrons. The molecular weight excluding hydrogens is 1220 g/mol. The number of rotatable bonds is 71. The van der Waals surface area contributed by atoms with Crippen LogP contribution in [0.1, 0.15) is 370 Å². The number of aliphatic hydroxyl groups is 1. The third kappa shape index (κ3) is 67.0. The molecule has 0 aliphatic carbocycles. The maximum Gasteiger partial charge on any atom is 0.472 e. The predicted octanol–water partition coefficient (Wildman–Crippen LogP) is 21.3. The average molecular weight is 1370 g/mol. The van der Waals surface area contributed by atoms with Gasteiger partial charge in [-0.2, -0.15) is 0 Å². The van der Waals surface area contributed by atoms with Gasteiger partial charge in [0.2, 0.25) is 0 Å². The molecule has 0 radical (unpaired) electrons. The minimum absolute atomic E-state index is 0.105. The van der Waals surface area contributed by atoms with Crippen molar-refractivity contribution in [3.05, 3.63) is 0 Å². The Bertz CT molecular complexity index is 1840. The molecule has 0 aromatic rings. The lowest BCUT2D eigenvalue weighted by Crippen LogP contribution is -2.30. The quantitative estimate of drug-likeness (QED) is 0.0222. The van der Waals surface area contributed by atoms with Crippen molar-refractivity contribution in [2.24, 2.45) is 23.7 Å². The van der Waals surface area contributed by atoms with Crippen LogP contribution in [0.15, 0.2) is 0 Å². The highest BCUT2D eigenvalue weighted by atomic mass is 31.2. The Morgan fingerprint density at radius 1 is 0.301 bits per heavy atom. The second-order valence-electron chi connectivity index (χ2n) is 28.4. The van der Waals surface area contributed by atoms with E-state index in [-0.39, 0.29) is 25.7 Å². The molecule has 0 aromatic heterocycles. The summed E-state index contributed by atoms with van der Waals surface area (Å²) in [6, 6.07) is 0. The summed E-state index contributed by atoms with van der Waals surface area (Å²) in [5.41, 5.74) is 0. The van der Waals surface area contributed by atoms with Crippen LogP contribution < -0.4 is 0 Å². The zero-order chi connectivity index (χ0) is 68.9. The number of carbonyl (C=O) groups is 4. The minimum atomic E-state index is -4.96. The summed E-state index contributed by atoms with van der Waals surface area (Å²) >= 11 is 0. The number of hydrogen-bond donors (Lipinski definition) is 3. The number of aliphatic hydroxyl groups excluding tert-OH is 1. The van der Waals surface area contributed by atoms with Gasteiger partial charge in [0.25, 0.3) is 0 Å². The summed E-state index contributed by atoms with van der Waals surface area (Å²) < 4.78 is 68.4. The number of phosphoric acid groups is 2. The van der Waals surface area contributed by atoms with Gasteiger partial charge >= 0.3 is 39.5 Å². The molecule has 3 unspecified atom stereocenters. The Labute approximate surface area is 568 Å². The molecule has 0 heterocycles. The van der Waals surface area contributed by atoms with Gasteiger partial charge in [0, 0.05) is 25.7 Å². The Kier molecular flexibility index (Phi) is 62.2.